The van der Waals surface area contributed by atoms with Crippen LogP contribution in [0.25, 0.3) is 0 Å². The molecule has 0 aliphatic carbocycles. The van der Waals surface area contributed by atoms with Gasteiger partial charge in [-0.05, 0) is 38.2 Å². The van der Waals surface area contributed by atoms with Crippen molar-refractivity contribution in [3.8, 4) is 0 Å². The second kappa shape index (κ2) is 11.1. The molecule has 0 spiro atoms. The van der Waals surface area contributed by atoms with Crippen LogP contribution in [0.15, 0.2) is 0 Å². The van der Waals surface area contributed by atoms with Crippen molar-refractivity contribution >= 4 is 35.5 Å². The maximum absolute atomic E-state index is 12.8. The molecule has 1 heterocycles. The molecule has 1 fully saturated rings. The van der Waals surface area contributed by atoms with E-state index in [0.717, 1.165) is 0 Å². The van der Waals surface area contributed by atoms with Crippen molar-refractivity contribution in [1.29, 1.82) is 0 Å². The first kappa shape index (κ1) is 23.2. The summed E-state index contributed by atoms with van der Waals surface area (Å²) < 4.78 is 0. The van der Waals surface area contributed by atoms with Crippen LogP contribution in [-0.2, 0) is 19.2 Å². The van der Waals surface area contributed by atoms with Crippen LogP contribution in [0.2, 0.25) is 0 Å². The lowest BCUT2D eigenvalue weighted by atomic mass is 10.1. The Morgan fingerprint density at radius 3 is 2.56 bits per heavy atom. The number of carboxylic acids is 1. The Balaban J connectivity index is 2.79. The van der Waals surface area contributed by atoms with Crippen LogP contribution in [0.1, 0.15) is 26.2 Å². The second-order valence-electron chi connectivity index (χ2n) is 6.42. The average molecular weight is 404 g/mol. The van der Waals surface area contributed by atoms with E-state index in [1.165, 1.54) is 23.6 Å². The SMILES string of the molecule is CSCCC(N)C(=O)NC(C(=O)N1CCCC1C(=O)NCC(=O)O)C(C)O. The number of nitrogens with two attached hydrogens (primary N) is 1. The molecule has 6 N–H and O–H groups in total. The van der Waals surface area contributed by atoms with Crippen LogP contribution in [-0.4, -0.2) is 88.1 Å². The van der Waals surface area contributed by atoms with Gasteiger partial charge in [-0.3, -0.25) is 19.2 Å². The van der Waals surface area contributed by atoms with E-state index < -0.39 is 54.5 Å². The number of amides is 3. The molecule has 1 aliphatic heterocycles. The van der Waals surface area contributed by atoms with E-state index in [4.69, 9.17) is 10.8 Å². The Labute approximate surface area is 162 Å². The molecule has 0 aromatic heterocycles. The Kier molecular flexibility index (Phi) is 9.53. The van der Waals surface area contributed by atoms with Crippen LogP contribution >= 0.6 is 11.8 Å². The fourth-order valence-electron chi connectivity index (χ4n) is 2.79. The van der Waals surface area contributed by atoms with E-state index in [-0.39, 0.29) is 6.54 Å². The molecule has 0 radical (unpaired) electrons. The van der Waals surface area contributed by atoms with Crippen molar-refractivity contribution in [2.45, 2.75) is 50.4 Å². The number of hydrogen-bond acceptors (Lipinski definition) is 7. The van der Waals surface area contributed by atoms with E-state index in [1.54, 1.807) is 0 Å². The minimum Gasteiger partial charge on any atom is -0.480 e. The van der Waals surface area contributed by atoms with Crippen LogP contribution in [0, 0.1) is 0 Å². The number of hydrogen-bond donors (Lipinski definition) is 5. The molecule has 0 saturated carbocycles. The minimum absolute atomic E-state index is 0.279. The van der Waals surface area contributed by atoms with E-state index in [1.807, 2.05) is 6.26 Å². The maximum Gasteiger partial charge on any atom is 0.322 e. The van der Waals surface area contributed by atoms with Gasteiger partial charge in [0.05, 0.1) is 12.1 Å². The number of carboxylic acid groups (broad SMARTS) is 1. The number of aliphatic hydroxyl groups is 1. The fraction of sp³-hybridized carbons (Fsp3) is 0.750. The Morgan fingerprint density at radius 1 is 1.33 bits per heavy atom. The lowest BCUT2D eigenvalue weighted by Crippen LogP contribution is -2.59. The Bertz CT molecular complexity index is 559. The summed E-state index contributed by atoms with van der Waals surface area (Å²) in [4.78, 5) is 49.1. The smallest absolute Gasteiger partial charge is 0.322 e. The summed E-state index contributed by atoms with van der Waals surface area (Å²) in [5.41, 5.74) is 5.80. The molecular weight excluding hydrogens is 376 g/mol. The zero-order valence-electron chi connectivity index (χ0n) is 15.5. The monoisotopic (exact) mass is 404 g/mol. The first-order valence-corrected chi connectivity index (χ1v) is 10.1. The lowest BCUT2D eigenvalue weighted by molar-refractivity contribution is -0.144. The van der Waals surface area contributed by atoms with Crippen molar-refractivity contribution < 1.29 is 29.4 Å². The molecule has 11 heteroatoms. The normalized spacial score (nSPS) is 19.9. The highest BCUT2D eigenvalue weighted by atomic mass is 32.2. The van der Waals surface area contributed by atoms with Gasteiger partial charge in [-0.25, -0.2) is 0 Å². The zero-order valence-corrected chi connectivity index (χ0v) is 16.3. The van der Waals surface area contributed by atoms with Crippen molar-refractivity contribution in [1.82, 2.24) is 15.5 Å². The third kappa shape index (κ3) is 7.00. The number of rotatable bonds is 10. The van der Waals surface area contributed by atoms with Crippen LogP contribution in [0.3, 0.4) is 0 Å². The minimum atomic E-state index is -1.23. The highest BCUT2D eigenvalue weighted by Gasteiger charge is 2.39. The quantitative estimate of drug-likeness (QED) is 0.283. The number of aliphatic carboxylic acids is 1. The zero-order chi connectivity index (χ0) is 20.6. The third-order valence-electron chi connectivity index (χ3n) is 4.27. The van der Waals surface area contributed by atoms with E-state index in [9.17, 15) is 24.3 Å². The average Bonchev–Trinajstić information content (AvgIpc) is 3.10. The first-order chi connectivity index (χ1) is 12.7. The fourth-order valence-corrected chi connectivity index (χ4v) is 3.28. The summed E-state index contributed by atoms with van der Waals surface area (Å²) in [7, 11) is 0. The van der Waals surface area contributed by atoms with Gasteiger partial charge in [0.2, 0.25) is 17.7 Å². The van der Waals surface area contributed by atoms with Crippen LogP contribution in [0.4, 0.5) is 0 Å². The topological polar surface area (TPSA) is 162 Å². The standard InChI is InChI=1S/C16H28N4O6S/c1-9(21)13(19-14(24)10(17)5-7-27-2)16(26)20-6-3-4-11(20)15(25)18-8-12(22)23/h9-11,13,21H,3-8,17H2,1-2H3,(H,18,25)(H,19,24)(H,22,23). The Hall–Kier alpha value is -1.85. The number of carbonyl (C=O) groups excluding carboxylic acids is 3. The highest BCUT2D eigenvalue weighted by molar-refractivity contribution is 7.98. The molecule has 0 aromatic carbocycles. The van der Waals surface area contributed by atoms with Crippen LogP contribution < -0.4 is 16.4 Å². The van der Waals surface area contributed by atoms with Gasteiger partial charge >= 0.3 is 5.97 Å². The largest absolute Gasteiger partial charge is 0.480 e. The lowest BCUT2D eigenvalue weighted by Gasteiger charge is -2.30. The number of nitrogens with one attached hydrogen (secondary N) is 2. The number of carbonyl (C=O) groups is 4. The van der Waals surface area contributed by atoms with Crippen molar-refractivity contribution in [2.24, 2.45) is 5.73 Å². The first-order valence-electron chi connectivity index (χ1n) is 8.72. The van der Waals surface area contributed by atoms with Gasteiger partial charge in [0.15, 0.2) is 0 Å². The second-order valence-corrected chi connectivity index (χ2v) is 7.40. The van der Waals surface area contributed by atoms with Crippen molar-refractivity contribution in [3.63, 3.8) is 0 Å². The summed E-state index contributed by atoms with van der Waals surface area (Å²) >= 11 is 1.54. The molecule has 1 saturated heterocycles. The van der Waals surface area contributed by atoms with Gasteiger partial charge in [-0.2, -0.15) is 11.8 Å². The summed E-state index contributed by atoms with van der Waals surface area (Å²) in [6.45, 7) is 1.10. The number of thioether (sulfide) groups is 1. The molecule has 0 bridgehead atoms. The number of nitrogens with zero attached hydrogens (tertiary/aromatic N) is 1. The summed E-state index contributed by atoms with van der Waals surface area (Å²) in [5, 5.41) is 23.4. The number of aliphatic hydroxyl groups excluding tert-OH is 1. The maximum atomic E-state index is 12.8. The van der Waals surface area contributed by atoms with Gasteiger partial charge in [0.25, 0.3) is 0 Å². The summed E-state index contributed by atoms with van der Waals surface area (Å²) in [6.07, 6.45) is 2.07. The van der Waals surface area contributed by atoms with Gasteiger partial charge < -0.3 is 31.5 Å². The molecule has 4 unspecified atom stereocenters. The van der Waals surface area contributed by atoms with Gasteiger partial charge in [0, 0.05) is 6.54 Å². The van der Waals surface area contributed by atoms with Crippen molar-refractivity contribution in [3.05, 3.63) is 0 Å². The van der Waals surface area contributed by atoms with Gasteiger partial charge in [-0.1, -0.05) is 0 Å². The molecule has 27 heavy (non-hydrogen) atoms. The van der Waals surface area contributed by atoms with Crippen LogP contribution in [0.5, 0.6) is 0 Å². The molecule has 1 rings (SSSR count). The molecule has 3 amide bonds. The summed E-state index contributed by atoms with van der Waals surface area (Å²) in [5.74, 6) is -2.22. The van der Waals surface area contributed by atoms with Crippen molar-refractivity contribution in [2.75, 3.05) is 25.1 Å². The molecule has 10 nitrogen and oxygen atoms in total. The summed E-state index contributed by atoms with van der Waals surface area (Å²) in [6, 6.07) is -2.87. The van der Waals surface area contributed by atoms with E-state index >= 15 is 0 Å². The predicted octanol–water partition coefficient (Wildman–Crippen LogP) is -1.88. The molecule has 0 aromatic rings. The third-order valence-corrected chi connectivity index (χ3v) is 4.91. The molecule has 154 valence electrons. The Morgan fingerprint density at radius 2 is 2.00 bits per heavy atom. The van der Waals surface area contributed by atoms with E-state index in [0.29, 0.717) is 25.0 Å². The predicted molar refractivity (Wildman–Crippen MR) is 100.0 cm³/mol. The van der Waals surface area contributed by atoms with Gasteiger partial charge in [-0.15, -0.1) is 0 Å². The van der Waals surface area contributed by atoms with E-state index in [2.05, 4.69) is 10.6 Å². The molecular formula is C16H28N4O6S. The molecule has 4 atom stereocenters. The molecule has 1 aliphatic rings. The highest BCUT2D eigenvalue weighted by Crippen LogP contribution is 2.19. The number of likely N-dealkylation sites (tertiary alicyclic amines) is 1. The van der Waals surface area contributed by atoms with Gasteiger partial charge in [0.1, 0.15) is 18.6 Å².